The molecule has 1 aromatic carbocycles. The summed E-state index contributed by atoms with van der Waals surface area (Å²) in [7, 11) is 1.25. The van der Waals surface area contributed by atoms with Crippen LogP contribution in [0.15, 0.2) is 46.8 Å². The van der Waals surface area contributed by atoms with E-state index in [0.29, 0.717) is 23.4 Å². The standard InChI is InChI=1S/C24H28F3NO4/c1-5-6-13-32-23(30)20-15(3)28(18-11-12-18)14(2)19(22(29)31-4)21(20)16-7-9-17(10-8-16)24(25,26)27/h7-10,18,21H,5-6,11-13H2,1-4H3. The summed E-state index contributed by atoms with van der Waals surface area (Å²) < 4.78 is 49.8. The van der Waals surface area contributed by atoms with Crippen molar-refractivity contribution in [2.45, 2.75) is 64.6 Å². The molecule has 0 radical (unpaired) electrons. The van der Waals surface area contributed by atoms with Crippen molar-refractivity contribution in [3.8, 4) is 0 Å². The second-order valence-electron chi connectivity index (χ2n) is 8.13. The van der Waals surface area contributed by atoms with Crippen LogP contribution in [0.1, 0.15) is 63.5 Å². The van der Waals surface area contributed by atoms with Gasteiger partial charge in [0.2, 0.25) is 0 Å². The molecule has 0 N–H and O–H groups in total. The molecular weight excluding hydrogens is 423 g/mol. The lowest BCUT2D eigenvalue weighted by molar-refractivity contribution is -0.140. The average Bonchev–Trinajstić information content (AvgIpc) is 3.57. The molecule has 0 saturated heterocycles. The van der Waals surface area contributed by atoms with Gasteiger partial charge in [0.1, 0.15) is 0 Å². The first-order chi connectivity index (χ1) is 15.1. The molecule has 3 rings (SSSR count). The van der Waals surface area contributed by atoms with Crippen LogP contribution in [0, 0.1) is 0 Å². The van der Waals surface area contributed by atoms with Crippen LogP contribution in [0.2, 0.25) is 0 Å². The zero-order valence-corrected chi connectivity index (χ0v) is 18.7. The highest BCUT2D eigenvalue weighted by Gasteiger charge is 2.44. The Morgan fingerprint density at radius 2 is 1.59 bits per heavy atom. The zero-order chi connectivity index (χ0) is 23.6. The van der Waals surface area contributed by atoms with E-state index < -0.39 is 29.6 Å². The van der Waals surface area contributed by atoms with Crippen LogP contribution in [0.5, 0.6) is 0 Å². The lowest BCUT2D eigenvalue weighted by Gasteiger charge is -2.38. The monoisotopic (exact) mass is 451 g/mol. The third kappa shape index (κ3) is 4.69. The Labute approximate surface area is 185 Å². The van der Waals surface area contributed by atoms with E-state index in [1.807, 2.05) is 11.8 Å². The van der Waals surface area contributed by atoms with Gasteiger partial charge in [-0.15, -0.1) is 0 Å². The third-order valence-electron chi connectivity index (χ3n) is 5.92. The minimum Gasteiger partial charge on any atom is -0.466 e. The fraction of sp³-hybridized carbons (Fsp3) is 0.500. The topological polar surface area (TPSA) is 55.8 Å². The van der Waals surface area contributed by atoms with E-state index in [4.69, 9.17) is 9.47 Å². The number of allylic oxidation sites excluding steroid dienone is 2. The second-order valence-corrected chi connectivity index (χ2v) is 8.13. The Morgan fingerprint density at radius 1 is 1.03 bits per heavy atom. The molecular formula is C24H28F3NO4. The van der Waals surface area contributed by atoms with Crippen LogP contribution in [0.3, 0.4) is 0 Å². The van der Waals surface area contributed by atoms with Gasteiger partial charge in [-0.2, -0.15) is 13.2 Å². The largest absolute Gasteiger partial charge is 0.466 e. The highest BCUT2D eigenvalue weighted by atomic mass is 19.4. The number of carbonyl (C=O) groups is 2. The number of unbranched alkanes of at least 4 members (excludes halogenated alkanes) is 1. The van der Waals surface area contributed by atoms with Crippen LogP contribution < -0.4 is 0 Å². The number of benzene rings is 1. The Balaban J connectivity index is 2.14. The molecule has 1 fully saturated rings. The molecule has 1 atom stereocenters. The van der Waals surface area contributed by atoms with Gasteiger partial charge < -0.3 is 14.4 Å². The third-order valence-corrected chi connectivity index (χ3v) is 5.92. The predicted octanol–water partition coefficient (Wildman–Crippen LogP) is 5.33. The minimum atomic E-state index is -4.49. The fourth-order valence-corrected chi connectivity index (χ4v) is 4.18. The molecule has 1 aliphatic heterocycles. The van der Waals surface area contributed by atoms with E-state index in [2.05, 4.69) is 0 Å². The smallest absolute Gasteiger partial charge is 0.416 e. The van der Waals surface area contributed by atoms with Crippen molar-refractivity contribution in [3.05, 3.63) is 57.9 Å². The summed E-state index contributed by atoms with van der Waals surface area (Å²) in [5, 5.41) is 0. The Morgan fingerprint density at radius 3 is 2.06 bits per heavy atom. The summed E-state index contributed by atoms with van der Waals surface area (Å²) in [4.78, 5) is 28.0. The highest BCUT2D eigenvalue weighted by Crippen LogP contribution is 2.47. The molecule has 1 aromatic rings. The number of methoxy groups -OCH3 is 1. The lowest BCUT2D eigenvalue weighted by Crippen LogP contribution is -2.36. The van der Waals surface area contributed by atoms with Crippen LogP contribution in [-0.2, 0) is 25.2 Å². The van der Waals surface area contributed by atoms with Gasteiger partial charge in [-0.05, 0) is 50.8 Å². The van der Waals surface area contributed by atoms with E-state index in [-0.39, 0.29) is 23.8 Å². The zero-order valence-electron chi connectivity index (χ0n) is 18.7. The van der Waals surface area contributed by atoms with Gasteiger partial charge in [0.15, 0.2) is 0 Å². The summed E-state index contributed by atoms with van der Waals surface area (Å²) >= 11 is 0. The maximum absolute atomic E-state index is 13.2. The van der Waals surface area contributed by atoms with Crippen molar-refractivity contribution in [1.29, 1.82) is 0 Å². The SMILES string of the molecule is CCCCOC(=O)C1=C(C)N(C2CC2)C(C)=C(C(=O)OC)C1c1ccc(C(F)(F)F)cc1. The summed E-state index contributed by atoms with van der Waals surface area (Å²) in [5.41, 5.74) is 1.40. The Bertz CT molecular complexity index is 943. The fourth-order valence-electron chi connectivity index (χ4n) is 4.18. The molecule has 0 amide bonds. The van der Waals surface area contributed by atoms with Gasteiger partial charge in [0.05, 0.1) is 36.3 Å². The van der Waals surface area contributed by atoms with E-state index in [9.17, 15) is 22.8 Å². The molecule has 8 heteroatoms. The Kier molecular flexibility index (Phi) is 7.00. The molecule has 174 valence electrons. The average molecular weight is 451 g/mol. The second kappa shape index (κ2) is 9.38. The first-order valence-electron chi connectivity index (χ1n) is 10.7. The van der Waals surface area contributed by atoms with Gasteiger partial charge in [0, 0.05) is 17.4 Å². The van der Waals surface area contributed by atoms with Crippen molar-refractivity contribution in [1.82, 2.24) is 4.90 Å². The van der Waals surface area contributed by atoms with Crippen molar-refractivity contribution in [2.75, 3.05) is 13.7 Å². The van der Waals surface area contributed by atoms with Crippen molar-refractivity contribution < 1.29 is 32.2 Å². The maximum atomic E-state index is 13.2. The molecule has 1 saturated carbocycles. The molecule has 2 aliphatic rings. The normalized spacial score (nSPS) is 19.3. The molecule has 0 spiro atoms. The van der Waals surface area contributed by atoms with Crippen molar-refractivity contribution in [2.24, 2.45) is 0 Å². The van der Waals surface area contributed by atoms with Gasteiger partial charge >= 0.3 is 18.1 Å². The molecule has 1 aliphatic carbocycles. The number of halogens is 3. The number of ether oxygens (including phenoxy) is 2. The summed E-state index contributed by atoms with van der Waals surface area (Å²) in [6.45, 7) is 5.78. The van der Waals surface area contributed by atoms with Gasteiger partial charge in [-0.1, -0.05) is 25.5 Å². The quantitative estimate of drug-likeness (QED) is 0.414. The predicted molar refractivity (Wildman–Crippen MR) is 112 cm³/mol. The van der Waals surface area contributed by atoms with Crippen molar-refractivity contribution in [3.63, 3.8) is 0 Å². The van der Waals surface area contributed by atoms with Gasteiger partial charge in [-0.3, -0.25) is 0 Å². The molecule has 0 bridgehead atoms. The number of nitrogens with zero attached hydrogens (tertiary/aromatic N) is 1. The number of hydrogen-bond acceptors (Lipinski definition) is 5. The number of rotatable bonds is 7. The van der Waals surface area contributed by atoms with Crippen molar-refractivity contribution >= 4 is 11.9 Å². The maximum Gasteiger partial charge on any atom is 0.416 e. The minimum absolute atomic E-state index is 0.168. The van der Waals surface area contributed by atoms with E-state index in [1.165, 1.54) is 19.2 Å². The number of hydrogen-bond donors (Lipinski definition) is 0. The summed E-state index contributed by atoms with van der Waals surface area (Å²) in [5.74, 6) is -2.07. The highest BCUT2D eigenvalue weighted by molar-refractivity contribution is 5.99. The summed E-state index contributed by atoms with van der Waals surface area (Å²) in [6, 6.07) is 4.71. The van der Waals surface area contributed by atoms with Crippen LogP contribution >= 0.6 is 0 Å². The molecule has 32 heavy (non-hydrogen) atoms. The molecule has 0 aromatic heterocycles. The number of carbonyl (C=O) groups excluding carboxylic acids is 2. The molecule has 1 unspecified atom stereocenters. The number of alkyl halides is 3. The number of esters is 2. The first-order valence-corrected chi connectivity index (χ1v) is 10.7. The molecule has 1 heterocycles. The van der Waals surface area contributed by atoms with E-state index in [1.54, 1.807) is 13.8 Å². The van der Waals surface area contributed by atoms with Gasteiger partial charge in [-0.25, -0.2) is 9.59 Å². The van der Waals surface area contributed by atoms with Gasteiger partial charge in [0.25, 0.3) is 0 Å². The van der Waals surface area contributed by atoms with Crippen LogP contribution in [0.4, 0.5) is 13.2 Å². The van der Waals surface area contributed by atoms with E-state index in [0.717, 1.165) is 31.4 Å². The molecule has 5 nitrogen and oxygen atoms in total. The lowest BCUT2D eigenvalue weighted by atomic mass is 9.79. The van der Waals surface area contributed by atoms with Crippen LogP contribution in [-0.4, -0.2) is 36.6 Å². The Hall–Kier alpha value is -2.77. The first kappa shape index (κ1) is 23.9. The summed E-state index contributed by atoms with van der Waals surface area (Å²) in [6.07, 6.45) is -1.11. The van der Waals surface area contributed by atoms with Crippen LogP contribution in [0.25, 0.3) is 0 Å². The van der Waals surface area contributed by atoms with E-state index >= 15 is 0 Å².